The van der Waals surface area contributed by atoms with Crippen molar-refractivity contribution in [3.63, 3.8) is 0 Å². The molecular formula is C17H17FN4O6S. The Morgan fingerprint density at radius 3 is 2.21 bits per heavy atom. The van der Waals surface area contributed by atoms with E-state index in [9.17, 15) is 33.0 Å². The normalized spacial score (nSPS) is 15.3. The van der Waals surface area contributed by atoms with Crippen LogP contribution >= 0.6 is 0 Å². The predicted molar refractivity (Wildman–Crippen MR) is 102 cm³/mol. The molecule has 10 nitrogen and oxygen atoms in total. The van der Waals surface area contributed by atoms with Crippen molar-refractivity contribution in [2.24, 2.45) is 0 Å². The van der Waals surface area contributed by atoms with E-state index in [-0.39, 0.29) is 48.1 Å². The van der Waals surface area contributed by atoms with Crippen molar-refractivity contribution < 1.29 is 22.7 Å². The topological polar surface area (TPSA) is 127 Å². The molecule has 1 aliphatic rings. The SMILES string of the molecule is Cc1ccc([N+](=O)[O-])cc1S(=O)(=O)N1CCN(c2cc(F)ccc2[N+](=O)[O-])CC1. The Labute approximate surface area is 165 Å². The van der Waals surface area contributed by atoms with Crippen molar-refractivity contribution in [2.75, 3.05) is 31.1 Å². The minimum atomic E-state index is -3.99. The molecule has 2 aromatic rings. The Balaban J connectivity index is 1.84. The zero-order valence-electron chi connectivity index (χ0n) is 15.3. The summed E-state index contributed by atoms with van der Waals surface area (Å²) in [7, 11) is -3.99. The molecule has 0 spiro atoms. The minimum Gasteiger partial charge on any atom is -0.363 e. The van der Waals surface area contributed by atoms with Gasteiger partial charge in [-0.15, -0.1) is 0 Å². The Kier molecular flexibility index (Phi) is 5.48. The number of nitro benzene ring substituents is 2. The molecule has 0 amide bonds. The van der Waals surface area contributed by atoms with Crippen LogP contribution in [0.3, 0.4) is 0 Å². The number of nitro groups is 2. The van der Waals surface area contributed by atoms with Crippen molar-refractivity contribution in [3.8, 4) is 0 Å². The smallest absolute Gasteiger partial charge is 0.292 e. The third kappa shape index (κ3) is 4.03. The van der Waals surface area contributed by atoms with Gasteiger partial charge in [0.1, 0.15) is 11.5 Å². The van der Waals surface area contributed by atoms with Gasteiger partial charge in [-0.2, -0.15) is 4.31 Å². The van der Waals surface area contributed by atoms with Crippen molar-refractivity contribution in [1.29, 1.82) is 0 Å². The fourth-order valence-electron chi connectivity index (χ4n) is 3.19. The average molecular weight is 424 g/mol. The Morgan fingerprint density at radius 2 is 1.62 bits per heavy atom. The number of halogens is 1. The zero-order valence-corrected chi connectivity index (χ0v) is 16.1. The predicted octanol–water partition coefficient (Wildman–Crippen LogP) is 2.46. The summed E-state index contributed by atoms with van der Waals surface area (Å²) in [5, 5.41) is 22.2. The first-order valence-electron chi connectivity index (χ1n) is 8.55. The molecular weight excluding hydrogens is 407 g/mol. The lowest BCUT2D eigenvalue weighted by molar-refractivity contribution is -0.385. The van der Waals surface area contributed by atoms with Crippen molar-refractivity contribution in [3.05, 3.63) is 68.0 Å². The summed E-state index contributed by atoms with van der Waals surface area (Å²) in [6, 6.07) is 6.74. The van der Waals surface area contributed by atoms with Gasteiger partial charge in [0, 0.05) is 50.4 Å². The average Bonchev–Trinajstić information content (AvgIpc) is 2.67. The van der Waals surface area contributed by atoms with Crippen LogP contribution in [0.5, 0.6) is 0 Å². The van der Waals surface area contributed by atoms with Crippen LogP contribution in [0.15, 0.2) is 41.3 Å². The lowest BCUT2D eigenvalue weighted by Gasteiger charge is -2.35. The second kappa shape index (κ2) is 7.72. The molecule has 0 N–H and O–H groups in total. The summed E-state index contributed by atoms with van der Waals surface area (Å²) in [4.78, 5) is 22.3. The number of aryl methyl sites for hydroxylation is 1. The first-order chi connectivity index (χ1) is 13.6. The molecule has 0 radical (unpaired) electrons. The molecule has 0 aromatic heterocycles. The maximum atomic E-state index is 13.6. The standard InChI is InChI=1S/C17H17FN4O6S/c1-12-2-4-14(21(23)24)11-17(12)29(27,28)20-8-6-19(7-9-20)16-10-13(18)3-5-15(16)22(25)26/h2-5,10-11H,6-9H2,1H3. The molecule has 0 bridgehead atoms. The lowest BCUT2D eigenvalue weighted by atomic mass is 10.2. The van der Waals surface area contributed by atoms with Gasteiger partial charge >= 0.3 is 0 Å². The molecule has 1 heterocycles. The van der Waals surface area contributed by atoms with Gasteiger partial charge in [-0.25, -0.2) is 12.8 Å². The third-order valence-corrected chi connectivity index (χ3v) is 6.75. The Morgan fingerprint density at radius 1 is 0.966 bits per heavy atom. The van der Waals surface area contributed by atoms with E-state index < -0.39 is 25.7 Å². The van der Waals surface area contributed by atoms with Crippen LogP contribution in [0.2, 0.25) is 0 Å². The van der Waals surface area contributed by atoms with Gasteiger partial charge < -0.3 is 4.90 Å². The minimum absolute atomic E-state index is 0.00185. The largest absolute Gasteiger partial charge is 0.363 e. The number of nitrogens with zero attached hydrogens (tertiary/aromatic N) is 4. The summed E-state index contributed by atoms with van der Waals surface area (Å²) in [5.41, 5.74) is -0.141. The molecule has 3 rings (SSSR count). The Hall–Kier alpha value is -3.12. The van der Waals surface area contributed by atoms with E-state index in [1.54, 1.807) is 11.8 Å². The van der Waals surface area contributed by atoms with E-state index >= 15 is 0 Å². The second-order valence-corrected chi connectivity index (χ2v) is 8.39. The van der Waals surface area contributed by atoms with E-state index in [4.69, 9.17) is 0 Å². The highest BCUT2D eigenvalue weighted by atomic mass is 32.2. The van der Waals surface area contributed by atoms with E-state index in [1.807, 2.05) is 0 Å². The Bertz CT molecular complexity index is 1080. The highest BCUT2D eigenvalue weighted by molar-refractivity contribution is 7.89. The van der Waals surface area contributed by atoms with Crippen LogP contribution in [0.1, 0.15) is 5.56 Å². The summed E-state index contributed by atoms with van der Waals surface area (Å²) in [6.07, 6.45) is 0. The van der Waals surface area contributed by atoms with Crippen molar-refractivity contribution in [2.45, 2.75) is 11.8 Å². The zero-order chi connectivity index (χ0) is 21.3. The molecule has 1 fully saturated rings. The maximum absolute atomic E-state index is 13.6. The fourth-order valence-corrected chi connectivity index (χ4v) is 4.86. The molecule has 0 aliphatic carbocycles. The van der Waals surface area contributed by atoms with Crippen LogP contribution < -0.4 is 4.90 Å². The molecule has 0 saturated carbocycles. The quantitative estimate of drug-likeness (QED) is 0.533. The van der Waals surface area contributed by atoms with E-state index in [2.05, 4.69) is 0 Å². The third-order valence-electron chi connectivity index (χ3n) is 4.71. The van der Waals surface area contributed by atoms with E-state index in [0.29, 0.717) is 5.56 Å². The van der Waals surface area contributed by atoms with Crippen LogP contribution in [0.25, 0.3) is 0 Å². The monoisotopic (exact) mass is 424 g/mol. The molecule has 154 valence electrons. The van der Waals surface area contributed by atoms with E-state index in [0.717, 1.165) is 24.3 Å². The maximum Gasteiger partial charge on any atom is 0.292 e. The van der Waals surface area contributed by atoms with Gasteiger partial charge in [0.2, 0.25) is 10.0 Å². The number of hydrogen-bond donors (Lipinski definition) is 0. The number of piperazine rings is 1. The molecule has 12 heteroatoms. The van der Waals surface area contributed by atoms with Gasteiger partial charge in [0.05, 0.1) is 14.7 Å². The number of sulfonamides is 1. The second-order valence-electron chi connectivity index (χ2n) is 6.49. The first kappa shape index (κ1) is 20.6. The number of non-ortho nitro benzene ring substituents is 1. The summed E-state index contributed by atoms with van der Waals surface area (Å²) in [5.74, 6) is -0.632. The fraction of sp³-hybridized carbons (Fsp3) is 0.294. The summed E-state index contributed by atoms with van der Waals surface area (Å²) < 4.78 is 40.7. The van der Waals surface area contributed by atoms with Crippen LogP contribution in [0, 0.1) is 33.0 Å². The van der Waals surface area contributed by atoms with E-state index in [1.165, 1.54) is 16.4 Å². The van der Waals surface area contributed by atoms with Crippen molar-refractivity contribution >= 4 is 27.1 Å². The summed E-state index contributed by atoms with van der Waals surface area (Å²) >= 11 is 0. The number of rotatable bonds is 5. The number of anilines is 1. The molecule has 0 unspecified atom stereocenters. The lowest BCUT2D eigenvalue weighted by Crippen LogP contribution is -2.49. The van der Waals surface area contributed by atoms with Crippen molar-refractivity contribution in [1.82, 2.24) is 4.31 Å². The molecule has 1 aliphatic heterocycles. The molecule has 2 aromatic carbocycles. The first-order valence-corrected chi connectivity index (χ1v) is 9.99. The van der Waals surface area contributed by atoms with Gasteiger partial charge in [0.25, 0.3) is 11.4 Å². The highest BCUT2D eigenvalue weighted by Gasteiger charge is 2.32. The van der Waals surface area contributed by atoms with Crippen LogP contribution in [-0.2, 0) is 10.0 Å². The highest BCUT2D eigenvalue weighted by Crippen LogP contribution is 2.31. The molecule has 29 heavy (non-hydrogen) atoms. The molecule has 1 saturated heterocycles. The number of benzene rings is 2. The number of hydrogen-bond acceptors (Lipinski definition) is 7. The summed E-state index contributed by atoms with van der Waals surface area (Å²) in [6.45, 7) is 1.76. The van der Waals surface area contributed by atoms with Crippen LogP contribution in [0.4, 0.5) is 21.5 Å². The van der Waals surface area contributed by atoms with Crippen LogP contribution in [-0.4, -0.2) is 48.7 Å². The van der Waals surface area contributed by atoms with Gasteiger partial charge in [-0.1, -0.05) is 6.07 Å². The van der Waals surface area contributed by atoms with Gasteiger partial charge in [-0.05, 0) is 18.6 Å². The van der Waals surface area contributed by atoms with Gasteiger partial charge in [0.15, 0.2) is 0 Å². The molecule has 0 atom stereocenters. The van der Waals surface area contributed by atoms with Gasteiger partial charge in [-0.3, -0.25) is 20.2 Å².